The molecule has 1 aliphatic heterocycles. The van der Waals surface area contributed by atoms with Gasteiger partial charge in [-0.2, -0.15) is 0 Å². The molecule has 1 aromatic heterocycles. The molecule has 0 unspecified atom stereocenters. The molecule has 0 amide bonds. The second kappa shape index (κ2) is 7.87. The molecule has 2 heterocycles. The number of para-hydroxylation sites is 1. The first-order valence-corrected chi connectivity index (χ1v) is 9.43. The van der Waals surface area contributed by atoms with Gasteiger partial charge in [0.25, 0.3) is 0 Å². The molecular formula is C21H26N2O2. The molecule has 4 rings (SSSR count). The second-order valence-electron chi connectivity index (χ2n) is 7.03. The van der Waals surface area contributed by atoms with Gasteiger partial charge in [0, 0.05) is 36.5 Å². The van der Waals surface area contributed by atoms with Crippen LogP contribution in [0.25, 0.3) is 0 Å². The van der Waals surface area contributed by atoms with Crippen LogP contribution in [-0.4, -0.2) is 11.8 Å². The van der Waals surface area contributed by atoms with E-state index in [1.165, 1.54) is 49.8 Å². The van der Waals surface area contributed by atoms with Crippen LogP contribution in [0.2, 0.25) is 0 Å². The number of fused-ring (bicyclic) bond motifs is 1. The maximum absolute atomic E-state index is 5.57. The summed E-state index contributed by atoms with van der Waals surface area (Å²) in [6, 6.07) is 10.5. The van der Waals surface area contributed by atoms with Gasteiger partial charge in [-0.3, -0.25) is 4.98 Å². The van der Waals surface area contributed by atoms with Crippen LogP contribution in [0, 0.1) is 0 Å². The van der Waals surface area contributed by atoms with Gasteiger partial charge in [-0.15, -0.1) is 0 Å². The van der Waals surface area contributed by atoms with E-state index >= 15 is 0 Å². The minimum Gasteiger partial charge on any atom is -0.454 e. The second-order valence-corrected chi connectivity index (χ2v) is 7.03. The summed E-state index contributed by atoms with van der Waals surface area (Å²) in [4.78, 5) is 4.65. The summed E-state index contributed by atoms with van der Waals surface area (Å²) in [7, 11) is 0. The molecule has 4 heteroatoms. The third-order valence-corrected chi connectivity index (χ3v) is 5.24. The van der Waals surface area contributed by atoms with Crippen molar-refractivity contribution in [3.8, 4) is 11.5 Å². The molecule has 0 atom stereocenters. The Morgan fingerprint density at radius 1 is 1.00 bits per heavy atom. The zero-order valence-corrected chi connectivity index (χ0v) is 14.7. The standard InChI is InChI=1S/C21H26N2O2/c1-2-4-7-17(6-3-1)19-12-16(10-11-23-19)13-22-14-18-8-5-9-20-21(18)25-15-24-20/h5,8-12,17,22H,1-4,6-7,13-15H2. The summed E-state index contributed by atoms with van der Waals surface area (Å²) >= 11 is 0. The van der Waals surface area contributed by atoms with Crippen LogP contribution >= 0.6 is 0 Å². The van der Waals surface area contributed by atoms with Crippen LogP contribution in [0.3, 0.4) is 0 Å². The van der Waals surface area contributed by atoms with E-state index in [1.54, 1.807) is 0 Å². The van der Waals surface area contributed by atoms with Crippen molar-refractivity contribution in [1.29, 1.82) is 0 Å². The van der Waals surface area contributed by atoms with Crippen LogP contribution in [-0.2, 0) is 13.1 Å². The highest BCUT2D eigenvalue weighted by Crippen LogP contribution is 2.35. The fourth-order valence-electron chi connectivity index (χ4n) is 3.87. The van der Waals surface area contributed by atoms with Crippen molar-refractivity contribution < 1.29 is 9.47 Å². The monoisotopic (exact) mass is 338 g/mol. The lowest BCUT2D eigenvalue weighted by atomic mass is 9.95. The predicted molar refractivity (Wildman–Crippen MR) is 97.8 cm³/mol. The van der Waals surface area contributed by atoms with Crippen molar-refractivity contribution in [3.63, 3.8) is 0 Å². The molecule has 1 aliphatic carbocycles. The molecular weight excluding hydrogens is 312 g/mol. The Kier molecular flexibility index (Phi) is 5.17. The molecule has 4 nitrogen and oxygen atoms in total. The summed E-state index contributed by atoms with van der Waals surface area (Å²) in [6.45, 7) is 1.93. The lowest BCUT2D eigenvalue weighted by Gasteiger charge is -2.14. The fraction of sp³-hybridized carbons (Fsp3) is 0.476. The quantitative estimate of drug-likeness (QED) is 0.813. The van der Waals surface area contributed by atoms with Crippen molar-refractivity contribution in [2.45, 2.75) is 57.5 Å². The molecule has 1 saturated carbocycles. The Labute approximate surface area is 149 Å². The highest BCUT2D eigenvalue weighted by atomic mass is 16.7. The molecule has 1 N–H and O–H groups in total. The first-order chi connectivity index (χ1) is 12.4. The van der Waals surface area contributed by atoms with E-state index in [4.69, 9.17) is 9.47 Å². The zero-order chi connectivity index (χ0) is 16.9. The number of rotatable bonds is 5. The van der Waals surface area contributed by atoms with Crippen LogP contribution in [0.5, 0.6) is 11.5 Å². The third-order valence-electron chi connectivity index (χ3n) is 5.24. The van der Waals surface area contributed by atoms with Crippen molar-refractivity contribution in [3.05, 3.63) is 53.3 Å². The summed E-state index contributed by atoms with van der Waals surface area (Å²) in [5.41, 5.74) is 3.73. The van der Waals surface area contributed by atoms with Crippen molar-refractivity contribution in [2.75, 3.05) is 6.79 Å². The maximum atomic E-state index is 5.57. The average Bonchev–Trinajstić information content (AvgIpc) is 2.96. The number of benzene rings is 1. The van der Waals surface area contributed by atoms with E-state index in [-0.39, 0.29) is 0 Å². The number of nitrogens with one attached hydrogen (secondary N) is 1. The van der Waals surface area contributed by atoms with Crippen LogP contribution < -0.4 is 14.8 Å². The summed E-state index contributed by atoms with van der Waals surface area (Å²) in [5.74, 6) is 2.37. The number of hydrogen-bond acceptors (Lipinski definition) is 4. The van der Waals surface area contributed by atoms with Gasteiger partial charge in [-0.1, -0.05) is 37.8 Å². The largest absolute Gasteiger partial charge is 0.454 e. The Morgan fingerprint density at radius 2 is 1.88 bits per heavy atom. The molecule has 0 bridgehead atoms. The zero-order valence-electron chi connectivity index (χ0n) is 14.7. The van der Waals surface area contributed by atoms with Gasteiger partial charge in [-0.25, -0.2) is 0 Å². The minimum absolute atomic E-state index is 0.321. The highest BCUT2D eigenvalue weighted by Gasteiger charge is 2.17. The van der Waals surface area contributed by atoms with Gasteiger partial charge >= 0.3 is 0 Å². The molecule has 0 spiro atoms. The van der Waals surface area contributed by atoms with Crippen LogP contribution in [0.1, 0.15) is 61.3 Å². The highest BCUT2D eigenvalue weighted by molar-refractivity contribution is 5.48. The Balaban J connectivity index is 1.37. The third kappa shape index (κ3) is 3.96. The van der Waals surface area contributed by atoms with Crippen LogP contribution in [0.4, 0.5) is 0 Å². The number of nitrogens with zero attached hydrogens (tertiary/aromatic N) is 1. The van der Waals surface area contributed by atoms with Crippen molar-refractivity contribution in [2.24, 2.45) is 0 Å². The molecule has 0 saturated heterocycles. The van der Waals surface area contributed by atoms with E-state index in [2.05, 4.69) is 28.5 Å². The van der Waals surface area contributed by atoms with E-state index in [9.17, 15) is 0 Å². The van der Waals surface area contributed by atoms with Crippen molar-refractivity contribution >= 4 is 0 Å². The van der Waals surface area contributed by atoms with Gasteiger partial charge in [-0.05, 0) is 36.6 Å². The van der Waals surface area contributed by atoms with Gasteiger partial charge in [0.05, 0.1) is 0 Å². The number of ether oxygens (including phenoxy) is 2. The predicted octanol–water partition coefficient (Wildman–Crippen LogP) is 4.54. The Morgan fingerprint density at radius 3 is 2.76 bits per heavy atom. The number of hydrogen-bond donors (Lipinski definition) is 1. The number of pyridine rings is 1. The van der Waals surface area contributed by atoms with E-state index in [0.29, 0.717) is 12.7 Å². The maximum Gasteiger partial charge on any atom is 0.231 e. The topological polar surface area (TPSA) is 43.4 Å². The Hall–Kier alpha value is -2.07. The van der Waals surface area contributed by atoms with E-state index < -0.39 is 0 Å². The molecule has 1 fully saturated rings. The number of aromatic nitrogens is 1. The molecule has 2 aromatic rings. The molecule has 132 valence electrons. The normalized spacial score (nSPS) is 17.4. The van der Waals surface area contributed by atoms with Gasteiger partial charge in [0.15, 0.2) is 11.5 Å². The van der Waals surface area contributed by atoms with Crippen molar-refractivity contribution in [1.82, 2.24) is 10.3 Å². The lowest BCUT2D eigenvalue weighted by molar-refractivity contribution is 0.173. The summed E-state index contributed by atoms with van der Waals surface area (Å²) < 4.78 is 11.0. The minimum atomic E-state index is 0.321. The van der Waals surface area contributed by atoms with Gasteiger partial charge in [0.2, 0.25) is 6.79 Å². The first kappa shape index (κ1) is 16.4. The molecule has 0 radical (unpaired) electrons. The average molecular weight is 338 g/mol. The fourth-order valence-corrected chi connectivity index (χ4v) is 3.87. The summed E-state index contributed by atoms with van der Waals surface area (Å²) in [5, 5.41) is 3.53. The van der Waals surface area contributed by atoms with Gasteiger partial charge < -0.3 is 14.8 Å². The van der Waals surface area contributed by atoms with Gasteiger partial charge in [0.1, 0.15) is 0 Å². The lowest BCUT2D eigenvalue weighted by Crippen LogP contribution is -2.14. The summed E-state index contributed by atoms with van der Waals surface area (Å²) in [6.07, 6.45) is 9.99. The molecule has 2 aliphatic rings. The van der Waals surface area contributed by atoms with E-state index in [1.807, 2.05) is 18.3 Å². The SMILES string of the molecule is c1cc(CNCc2ccnc(C3CCCCCC3)c2)c2c(c1)OCO2. The molecule has 1 aromatic carbocycles. The first-order valence-electron chi connectivity index (χ1n) is 9.43. The Bertz CT molecular complexity index is 709. The smallest absolute Gasteiger partial charge is 0.231 e. The van der Waals surface area contributed by atoms with E-state index in [0.717, 1.165) is 30.2 Å². The van der Waals surface area contributed by atoms with Crippen LogP contribution in [0.15, 0.2) is 36.5 Å². The molecule has 25 heavy (non-hydrogen) atoms.